The molecule has 0 aliphatic heterocycles. The molecule has 155 valence electrons. The molecule has 0 aliphatic rings. The first-order valence-electron chi connectivity index (χ1n) is 12.0. The van der Waals surface area contributed by atoms with Gasteiger partial charge in [-0.2, -0.15) is 0 Å². The Kier molecular flexibility index (Phi) is 24.1. The van der Waals surface area contributed by atoms with Crippen molar-refractivity contribution >= 4 is 0 Å². The fourth-order valence-corrected chi connectivity index (χ4v) is 3.65. The van der Waals surface area contributed by atoms with Crippen LogP contribution in [0.5, 0.6) is 0 Å². The molecule has 0 unspecified atom stereocenters. The molecule has 1 radical (unpaired) electrons. The van der Waals surface area contributed by atoms with E-state index in [0.717, 1.165) is 6.42 Å². The molecule has 1 nitrogen and oxygen atoms in total. The third-order valence-corrected chi connectivity index (χ3v) is 5.42. The van der Waals surface area contributed by atoms with Gasteiger partial charge in [0, 0.05) is 0 Å². The van der Waals surface area contributed by atoms with Crippen molar-refractivity contribution in [1.29, 1.82) is 0 Å². The normalized spacial score (nSPS) is 11.5. The van der Waals surface area contributed by atoms with Crippen LogP contribution in [0.25, 0.3) is 0 Å². The van der Waals surface area contributed by atoms with Crippen molar-refractivity contribution in [2.45, 2.75) is 142 Å². The highest BCUT2D eigenvalue weighted by atomic mass is 16.5. The van der Waals surface area contributed by atoms with Gasteiger partial charge in [-0.15, -0.1) is 0 Å². The fourth-order valence-electron chi connectivity index (χ4n) is 3.65. The lowest BCUT2D eigenvalue weighted by Crippen LogP contribution is -1.84. The van der Waals surface area contributed by atoms with Crippen LogP contribution >= 0.6 is 0 Å². The lowest BCUT2D eigenvalue weighted by molar-refractivity contribution is 0.391. The van der Waals surface area contributed by atoms with Crippen LogP contribution in [-0.4, -0.2) is 0 Å². The molecule has 0 atom stereocenters. The Balaban J connectivity index is 2.98. The average Bonchev–Trinajstić information content (AvgIpc) is 2.66. The van der Waals surface area contributed by atoms with Gasteiger partial charge in [0.2, 0.25) is 0 Å². The minimum absolute atomic E-state index is 1.13. The summed E-state index contributed by atoms with van der Waals surface area (Å²) < 4.78 is 4.66. The molecular weight excluding hydrogens is 316 g/mol. The molecule has 0 aromatic rings. The lowest BCUT2D eigenvalue weighted by atomic mass is 10.0. The van der Waals surface area contributed by atoms with E-state index < -0.39 is 0 Å². The van der Waals surface area contributed by atoms with Crippen molar-refractivity contribution in [3.63, 3.8) is 0 Å². The molecular formula is C25H49O. The Labute approximate surface area is 166 Å². The predicted octanol–water partition coefficient (Wildman–Crippen LogP) is 9.52. The molecule has 1 heteroatoms. The number of rotatable bonds is 22. The highest BCUT2D eigenvalue weighted by Gasteiger charge is 1.95. The van der Waals surface area contributed by atoms with Crippen LogP contribution < -0.4 is 0 Å². The van der Waals surface area contributed by atoms with Gasteiger partial charge < -0.3 is 4.74 Å². The Bertz CT molecular complexity index is 259. The van der Waals surface area contributed by atoms with Crippen molar-refractivity contribution in [3.8, 4) is 0 Å². The van der Waals surface area contributed by atoms with Gasteiger partial charge in [0.25, 0.3) is 0 Å². The largest absolute Gasteiger partial charge is 0.498 e. The van der Waals surface area contributed by atoms with Gasteiger partial charge >= 0.3 is 0 Å². The van der Waals surface area contributed by atoms with Crippen molar-refractivity contribution in [2.75, 3.05) is 0 Å². The van der Waals surface area contributed by atoms with Crippen LogP contribution in [-0.2, 0) is 4.74 Å². The van der Waals surface area contributed by atoms with E-state index in [1.54, 1.807) is 6.26 Å². The maximum absolute atomic E-state index is 4.66. The second-order valence-corrected chi connectivity index (χ2v) is 8.04. The summed E-state index contributed by atoms with van der Waals surface area (Å²) in [6.07, 6.45) is 33.7. The van der Waals surface area contributed by atoms with Crippen molar-refractivity contribution in [1.82, 2.24) is 0 Å². The summed E-state index contributed by atoms with van der Waals surface area (Å²) in [5.41, 5.74) is 0. The molecule has 0 saturated carbocycles. The zero-order valence-electron chi connectivity index (χ0n) is 18.1. The van der Waals surface area contributed by atoms with Gasteiger partial charge in [-0.3, -0.25) is 0 Å². The first kappa shape index (κ1) is 25.5. The van der Waals surface area contributed by atoms with E-state index in [1.165, 1.54) is 128 Å². The van der Waals surface area contributed by atoms with Crippen LogP contribution in [0, 0.1) is 7.11 Å². The zero-order chi connectivity index (χ0) is 19.0. The van der Waals surface area contributed by atoms with Crippen molar-refractivity contribution in [3.05, 3.63) is 19.4 Å². The Hall–Kier alpha value is -0.460. The first-order chi connectivity index (χ1) is 12.9. The van der Waals surface area contributed by atoms with E-state index in [0.29, 0.717) is 0 Å². The van der Waals surface area contributed by atoms with E-state index in [1.807, 2.05) is 0 Å². The van der Waals surface area contributed by atoms with Crippen LogP contribution in [0.3, 0.4) is 0 Å². The molecule has 0 spiro atoms. The molecule has 0 N–H and O–H groups in total. The van der Waals surface area contributed by atoms with Crippen molar-refractivity contribution in [2.24, 2.45) is 0 Å². The predicted molar refractivity (Wildman–Crippen MR) is 118 cm³/mol. The molecule has 0 amide bonds. The first-order valence-corrected chi connectivity index (χ1v) is 12.0. The van der Waals surface area contributed by atoms with Gasteiger partial charge in [0.1, 0.15) is 7.11 Å². The van der Waals surface area contributed by atoms with Gasteiger partial charge in [-0.05, 0) is 18.9 Å². The van der Waals surface area contributed by atoms with E-state index in [2.05, 4.69) is 24.8 Å². The average molecular weight is 366 g/mol. The summed E-state index contributed by atoms with van der Waals surface area (Å²) in [5, 5.41) is 0. The highest BCUT2D eigenvalue weighted by molar-refractivity contribution is 4.72. The molecule has 0 heterocycles. The molecule has 0 rings (SSSR count). The third-order valence-electron chi connectivity index (χ3n) is 5.42. The minimum atomic E-state index is 1.13. The quantitative estimate of drug-likeness (QED) is 0.137. The molecule has 0 saturated heterocycles. The molecule has 0 aromatic carbocycles. The second-order valence-electron chi connectivity index (χ2n) is 8.04. The summed E-state index contributed by atoms with van der Waals surface area (Å²) >= 11 is 0. The van der Waals surface area contributed by atoms with Gasteiger partial charge in [0.05, 0.1) is 6.26 Å². The van der Waals surface area contributed by atoms with Gasteiger partial charge in [0.15, 0.2) is 0 Å². The maximum atomic E-state index is 4.66. The maximum Gasteiger partial charge on any atom is 0.121 e. The number of allylic oxidation sites excluding steroid dienone is 1. The van der Waals surface area contributed by atoms with E-state index in [9.17, 15) is 0 Å². The number of hydrogen-bond donors (Lipinski definition) is 0. The SMILES string of the molecule is [CH2]O/C=C/CCCCCCCCCCCCCCCCCCCCCC. The van der Waals surface area contributed by atoms with Crippen LogP contribution in [0.1, 0.15) is 142 Å². The van der Waals surface area contributed by atoms with Gasteiger partial charge in [-0.25, -0.2) is 0 Å². The molecule has 0 aliphatic carbocycles. The van der Waals surface area contributed by atoms with E-state index in [-0.39, 0.29) is 0 Å². The molecule has 0 aromatic heterocycles. The number of hydrogen-bond acceptors (Lipinski definition) is 1. The molecule has 0 bridgehead atoms. The smallest absolute Gasteiger partial charge is 0.121 e. The number of unbranched alkanes of at least 4 members (excludes halogenated alkanes) is 20. The highest BCUT2D eigenvalue weighted by Crippen LogP contribution is 2.15. The second kappa shape index (κ2) is 24.5. The summed E-state index contributed by atoms with van der Waals surface area (Å²) in [6, 6.07) is 0. The lowest BCUT2D eigenvalue weighted by Gasteiger charge is -2.04. The minimum Gasteiger partial charge on any atom is -0.498 e. The summed E-state index contributed by atoms with van der Waals surface area (Å²) in [5.74, 6) is 0. The van der Waals surface area contributed by atoms with Crippen LogP contribution in [0.2, 0.25) is 0 Å². The Morgan fingerprint density at radius 2 is 0.808 bits per heavy atom. The summed E-state index contributed by atoms with van der Waals surface area (Å²) in [7, 11) is 3.32. The topological polar surface area (TPSA) is 9.23 Å². The monoisotopic (exact) mass is 365 g/mol. The third kappa shape index (κ3) is 23.5. The number of ether oxygens (including phenoxy) is 1. The van der Waals surface area contributed by atoms with Crippen LogP contribution in [0.4, 0.5) is 0 Å². The van der Waals surface area contributed by atoms with E-state index in [4.69, 9.17) is 0 Å². The van der Waals surface area contributed by atoms with Crippen LogP contribution in [0.15, 0.2) is 12.3 Å². The van der Waals surface area contributed by atoms with E-state index >= 15 is 0 Å². The Morgan fingerprint density at radius 1 is 0.500 bits per heavy atom. The zero-order valence-corrected chi connectivity index (χ0v) is 18.1. The fraction of sp³-hybridized carbons (Fsp3) is 0.880. The Morgan fingerprint density at radius 3 is 1.12 bits per heavy atom. The summed E-state index contributed by atoms with van der Waals surface area (Å²) in [4.78, 5) is 0. The standard InChI is InChI=1S/C25H49O/c1-3-4-5-6-7-8-9-10-11-12-13-14-15-16-17-18-19-20-21-22-23-24-25-26-2/h24-25H,2-23H2,1H3/b25-24+. The summed E-state index contributed by atoms with van der Waals surface area (Å²) in [6.45, 7) is 2.30. The van der Waals surface area contributed by atoms with Crippen molar-refractivity contribution < 1.29 is 4.74 Å². The van der Waals surface area contributed by atoms with Gasteiger partial charge in [-0.1, -0.05) is 129 Å². The molecule has 26 heavy (non-hydrogen) atoms. The molecule has 0 fully saturated rings.